The van der Waals surface area contributed by atoms with E-state index in [4.69, 9.17) is 4.74 Å². The number of rotatable bonds is 3. The number of pyridine rings is 1. The molecule has 0 saturated carbocycles. The maximum Gasteiger partial charge on any atom is 0.253 e. The molecule has 0 radical (unpaired) electrons. The first-order chi connectivity index (χ1) is 9.02. The smallest absolute Gasteiger partial charge is 0.253 e. The largest absolute Gasteiger partial charge is 0.497 e. The van der Waals surface area contributed by atoms with E-state index in [0.29, 0.717) is 5.75 Å². The van der Waals surface area contributed by atoms with E-state index >= 15 is 0 Å². The summed E-state index contributed by atoms with van der Waals surface area (Å²) in [6.07, 6.45) is 0. The normalized spacial score (nSPS) is 10.4. The second-order valence-corrected chi connectivity index (χ2v) is 3.55. The second-order valence-electron chi connectivity index (χ2n) is 3.55. The lowest BCUT2D eigenvalue weighted by Gasteiger charge is -2.09. The average Bonchev–Trinajstić information content (AvgIpc) is 2.42. The summed E-state index contributed by atoms with van der Waals surface area (Å²) in [5.41, 5.74) is -0.696. The maximum absolute atomic E-state index is 13.3. The first kappa shape index (κ1) is 13.1. The number of anilines is 2. The maximum atomic E-state index is 13.3. The molecule has 3 nitrogen and oxygen atoms in total. The van der Waals surface area contributed by atoms with Gasteiger partial charge in [0.2, 0.25) is 11.6 Å². The van der Waals surface area contributed by atoms with E-state index in [1.54, 1.807) is 0 Å². The predicted molar refractivity (Wildman–Crippen MR) is 60.3 cm³/mol. The number of aromatic nitrogens is 1. The number of nitrogens with one attached hydrogen (secondary N) is 1. The van der Waals surface area contributed by atoms with Crippen molar-refractivity contribution in [1.82, 2.24) is 4.98 Å². The first-order valence-corrected chi connectivity index (χ1v) is 5.14. The Labute approximate surface area is 105 Å². The van der Waals surface area contributed by atoms with Crippen molar-refractivity contribution in [2.75, 3.05) is 12.4 Å². The Morgan fingerprint density at radius 1 is 0.947 bits per heavy atom. The van der Waals surface area contributed by atoms with Crippen molar-refractivity contribution in [1.29, 1.82) is 0 Å². The Kier molecular flexibility index (Phi) is 3.55. The van der Waals surface area contributed by atoms with Crippen LogP contribution in [0.5, 0.6) is 5.75 Å². The topological polar surface area (TPSA) is 34.1 Å². The van der Waals surface area contributed by atoms with Crippen molar-refractivity contribution >= 4 is 11.4 Å². The van der Waals surface area contributed by atoms with Crippen LogP contribution in [-0.2, 0) is 0 Å². The molecule has 1 N–H and O–H groups in total. The predicted octanol–water partition coefficient (Wildman–Crippen LogP) is 3.39. The van der Waals surface area contributed by atoms with Gasteiger partial charge in [-0.1, -0.05) is 0 Å². The molecular weight excluding hydrogens is 264 g/mol. The van der Waals surface area contributed by atoms with Crippen molar-refractivity contribution in [3.05, 3.63) is 47.8 Å². The molecule has 0 aliphatic heterocycles. The summed E-state index contributed by atoms with van der Waals surface area (Å²) in [6, 6.07) is 5.92. The molecule has 1 aromatic carbocycles. The standard InChI is InChI=1S/C12H8F4N2O/c1-19-7-4-2-6(3-5-7)17-10-8(13)11(15)18-12(16)9(10)14/h2-5H,1H3,(H,17,18). The summed E-state index contributed by atoms with van der Waals surface area (Å²) in [7, 11) is 1.45. The van der Waals surface area contributed by atoms with Crippen LogP contribution in [0.15, 0.2) is 24.3 Å². The molecule has 7 heteroatoms. The molecule has 0 atom stereocenters. The molecule has 0 amide bonds. The van der Waals surface area contributed by atoms with Gasteiger partial charge >= 0.3 is 0 Å². The van der Waals surface area contributed by atoms with Crippen LogP contribution in [0.25, 0.3) is 0 Å². The number of nitrogens with zero attached hydrogens (tertiary/aromatic N) is 1. The summed E-state index contributed by atoms with van der Waals surface area (Å²) in [5.74, 6) is -6.08. The third-order valence-corrected chi connectivity index (χ3v) is 2.36. The summed E-state index contributed by atoms with van der Waals surface area (Å²) < 4.78 is 57.4. The highest BCUT2D eigenvalue weighted by atomic mass is 19.2. The van der Waals surface area contributed by atoms with Crippen molar-refractivity contribution in [2.45, 2.75) is 0 Å². The van der Waals surface area contributed by atoms with Gasteiger partial charge in [0.25, 0.3) is 11.9 Å². The van der Waals surface area contributed by atoms with Crippen molar-refractivity contribution in [3.8, 4) is 5.75 Å². The minimum absolute atomic E-state index is 0.239. The van der Waals surface area contributed by atoms with E-state index in [1.165, 1.54) is 31.4 Å². The minimum atomic E-state index is -1.71. The van der Waals surface area contributed by atoms with E-state index in [9.17, 15) is 17.6 Å². The fourth-order valence-electron chi connectivity index (χ4n) is 1.42. The Bertz CT molecular complexity index is 575. The van der Waals surface area contributed by atoms with Crippen molar-refractivity contribution in [3.63, 3.8) is 0 Å². The molecule has 0 spiro atoms. The molecule has 0 saturated heterocycles. The monoisotopic (exact) mass is 272 g/mol. The van der Waals surface area contributed by atoms with E-state index in [2.05, 4.69) is 10.3 Å². The molecular formula is C12H8F4N2O. The molecule has 0 aliphatic rings. The van der Waals surface area contributed by atoms with Crippen LogP contribution in [0.3, 0.4) is 0 Å². The fraction of sp³-hybridized carbons (Fsp3) is 0.0833. The van der Waals surface area contributed by atoms with E-state index in [-0.39, 0.29) is 5.69 Å². The zero-order valence-corrected chi connectivity index (χ0v) is 9.68. The Hall–Kier alpha value is -2.31. The third-order valence-electron chi connectivity index (χ3n) is 2.36. The van der Waals surface area contributed by atoms with E-state index in [1.807, 2.05) is 0 Å². The fourth-order valence-corrected chi connectivity index (χ4v) is 1.42. The van der Waals surface area contributed by atoms with Crippen LogP contribution < -0.4 is 10.1 Å². The van der Waals surface area contributed by atoms with E-state index < -0.39 is 29.2 Å². The zero-order valence-electron chi connectivity index (χ0n) is 9.68. The Morgan fingerprint density at radius 2 is 1.47 bits per heavy atom. The van der Waals surface area contributed by atoms with Crippen LogP contribution in [-0.4, -0.2) is 12.1 Å². The number of hydrogen-bond donors (Lipinski definition) is 1. The summed E-state index contributed by atoms with van der Waals surface area (Å²) in [4.78, 5) is 2.46. The molecule has 2 rings (SSSR count). The molecule has 1 heterocycles. The lowest BCUT2D eigenvalue weighted by molar-refractivity contribution is 0.411. The van der Waals surface area contributed by atoms with Gasteiger partial charge in [-0.3, -0.25) is 0 Å². The molecule has 0 unspecified atom stereocenters. The lowest BCUT2D eigenvalue weighted by Crippen LogP contribution is -2.06. The quantitative estimate of drug-likeness (QED) is 0.687. The highest BCUT2D eigenvalue weighted by Gasteiger charge is 2.20. The first-order valence-electron chi connectivity index (χ1n) is 5.14. The van der Waals surface area contributed by atoms with Crippen molar-refractivity contribution in [2.24, 2.45) is 0 Å². The summed E-state index contributed by atoms with van der Waals surface area (Å²) in [6.45, 7) is 0. The van der Waals surface area contributed by atoms with Crippen LogP contribution in [0, 0.1) is 23.5 Å². The highest BCUT2D eigenvalue weighted by Crippen LogP contribution is 2.26. The number of ether oxygens (including phenoxy) is 1. The number of halogens is 4. The molecule has 2 aromatic rings. The molecule has 1 aromatic heterocycles. The van der Waals surface area contributed by atoms with Gasteiger partial charge in [0.05, 0.1) is 7.11 Å². The number of benzene rings is 1. The average molecular weight is 272 g/mol. The molecule has 0 aliphatic carbocycles. The second kappa shape index (κ2) is 5.13. The molecule has 0 fully saturated rings. The summed E-state index contributed by atoms with van der Waals surface area (Å²) >= 11 is 0. The van der Waals surface area contributed by atoms with Crippen LogP contribution in [0.4, 0.5) is 28.9 Å². The molecule has 19 heavy (non-hydrogen) atoms. The van der Waals surface area contributed by atoms with E-state index in [0.717, 1.165) is 0 Å². The van der Waals surface area contributed by atoms with Gasteiger partial charge < -0.3 is 10.1 Å². The van der Waals surface area contributed by atoms with Gasteiger partial charge in [-0.15, -0.1) is 0 Å². The zero-order chi connectivity index (χ0) is 14.0. The third kappa shape index (κ3) is 2.59. The van der Waals surface area contributed by atoms with Gasteiger partial charge in [-0.2, -0.15) is 22.5 Å². The molecule has 0 bridgehead atoms. The van der Waals surface area contributed by atoms with Gasteiger partial charge in [0.1, 0.15) is 11.4 Å². The Balaban J connectivity index is 2.37. The van der Waals surface area contributed by atoms with Gasteiger partial charge in [0.15, 0.2) is 0 Å². The SMILES string of the molecule is COc1ccc(Nc2c(F)c(F)nc(F)c2F)cc1. The van der Waals surface area contributed by atoms with Gasteiger partial charge in [-0.25, -0.2) is 0 Å². The Morgan fingerprint density at radius 3 is 1.95 bits per heavy atom. The van der Waals surface area contributed by atoms with Crippen molar-refractivity contribution < 1.29 is 22.3 Å². The van der Waals surface area contributed by atoms with Crippen LogP contribution >= 0.6 is 0 Å². The number of hydrogen-bond acceptors (Lipinski definition) is 3. The number of methoxy groups -OCH3 is 1. The molecule has 100 valence electrons. The highest BCUT2D eigenvalue weighted by molar-refractivity contribution is 5.61. The minimum Gasteiger partial charge on any atom is -0.497 e. The van der Waals surface area contributed by atoms with Gasteiger partial charge in [0, 0.05) is 5.69 Å². The summed E-state index contributed by atoms with van der Waals surface area (Å²) in [5, 5.41) is 2.25. The van der Waals surface area contributed by atoms with Crippen LogP contribution in [0.2, 0.25) is 0 Å². The van der Waals surface area contributed by atoms with Crippen LogP contribution in [0.1, 0.15) is 0 Å². The van der Waals surface area contributed by atoms with Gasteiger partial charge in [-0.05, 0) is 24.3 Å². The lowest BCUT2D eigenvalue weighted by atomic mass is 10.2.